The molecule has 0 radical (unpaired) electrons. The second-order valence-corrected chi connectivity index (χ2v) is 10.1. The van der Waals surface area contributed by atoms with Crippen LogP contribution in [0.5, 0.6) is 0 Å². The minimum absolute atomic E-state index is 0.174. The lowest BCUT2D eigenvalue weighted by molar-refractivity contribution is -0.151. The molecule has 0 aromatic heterocycles. The molecule has 8 nitrogen and oxygen atoms in total. The maximum atomic E-state index is 13.7. The third-order valence-corrected chi connectivity index (χ3v) is 6.94. The summed E-state index contributed by atoms with van der Waals surface area (Å²) in [6.45, 7) is 11.6. The van der Waals surface area contributed by atoms with Gasteiger partial charge in [-0.3, -0.25) is 14.4 Å². The lowest BCUT2D eigenvalue weighted by Crippen LogP contribution is -2.60. The monoisotopic (exact) mass is 423 g/mol. The van der Waals surface area contributed by atoms with Crippen molar-refractivity contribution in [1.29, 1.82) is 0 Å². The van der Waals surface area contributed by atoms with Crippen LogP contribution < -0.4 is 10.6 Å². The number of nitrogens with one attached hydrogen (secondary N) is 2. The van der Waals surface area contributed by atoms with E-state index in [0.717, 1.165) is 6.42 Å². The summed E-state index contributed by atoms with van der Waals surface area (Å²) in [7, 11) is 0. The number of likely N-dealkylation sites (tertiary alicyclic amines) is 1. The number of aliphatic hydroxyl groups is 1. The number of amides is 3. The zero-order valence-corrected chi connectivity index (χ0v) is 19.1. The van der Waals surface area contributed by atoms with Crippen molar-refractivity contribution in [3.8, 4) is 0 Å². The Labute approximate surface area is 179 Å². The first-order valence-electron chi connectivity index (χ1n) is 11.2. The Bertz CT molecular complexity index is 720. The van der Waals surface area contributed by atoms with Gasteiger partial charge in [0.2, 0.25) is 17.7 Å². The molecule has 0 aliphatic carbocycles. The number of hydrogen-bond donors (Lipinski definition) is 3. The van der Waals surface area contributed by atoms with Crippen molar-refractivity contribution in [2.45, 2.75) is 96.1 Å². The lowest BCUT2D eigenvalue weighted by Gasteiger charge is -2.37. The van der Waals surface area contributed by atoms with Gasteiger partial charge in [-0.1, -0.05) is 13.8 Å². The van der Waals surface area contributed by atoms with Crippen LogP contribution in [-0.2, 0) is 19.1 Å². The second kappa shape index (κ2) is 7.79. The molecule has 6 atom stereocenters. The van der Waals surface area contributed by atoms with E-state index in [-0.39, 0.29) is 24.3 Å². The molecule has 2 bridgehead atoms. The molecule has 3 amide bonds. The van der Waals surface area contributed by atoms with E-state index in [2.05, 4.69) is 10.6 Å². The van der Waals surface area contributed by atoms with Crippen molar-refractivity contribution >= 4 is 17.7 Å². The van der Waals surface area contributed by atoms with Crippen LogP contribution in [0.15, 0.2) is 0 Å². The van der Waals surface area contributed by atoms with Gasteiger partial charge >= 0.3 is 0 Å². The quantitative estimate of drug-likeness (QED) is 0.565. The zero-order chi connectivity index (χ0) is 22.5. The van der Waals surface area contributed by atoms with E-state index in [0.29, 0.717) is 25.8 Å². The van der Waals surface area contributed by atoms with E-state index in [1.54, 1.807) is 6.92 Å². The van der Waals surface area contributed by atoms with Crippen molar-refractivity contribution in [3.05, 3.63) is 0 Å². The summed E-state index contributed by atoms with van der Waals surface area (Å²) in [6.07, 6.45) is 2.59. The molecule has 30 heavy (non-hydrogen) atoms. The van der Waals surface area contributed by atoms with Crippen LogP contribution in [0.3, 0.4) is 0 Å². The number of hydrogen-bond acceptors (Lipinski definition) is 5. The SMILES string of the molecule is CCCNC(=O)[C@H]1[C@H]2C(=O)N([C@H](C)CO)C(C(=O)NC(C)(C)C)C23CC[C@]1(CC)O3. The highest BCUT2D eigenvalue weighted by atomic mass is 16.5. The fraction of sp³-hybridized carbons (Fsp3) is 0.864. The highest BCUT2D eigenvalue weighted by molar-refractivity contribution is 5.99. The molecule has 3 rings (SSSR count). The van der Waals surface area contributed by atoms with Gasteiger partial charge in [0.25, 0.3) is 0 Å². The number of carbonyl (C=O) groups is 3. The van der Waals surface area contributed by atoms with Gasteiger partial charge in [-0.25, -0.2) is 0 Å². The molecule has 3 aliphatic heterocycles. The van der Waals surface area contributed by atoms with Gasteiger partial charge in [-0.15, -0.1) is 0 Å². The molecule has 2 unspecified atom stereocenters. The Morgan fingerprint density at radius 1 is 1.27 bits per heavy atom. The molecule has 0 aromatic rings. The van der Waals surface area contributed by atoms with Crippen LogP contribution in [0.25, 0.3) is 0 Å². The summed E-state index contributed by atoms with van der Waals surface area (Å²) in [4.78, 5) is 41.8. The van der Waals surface area contributed by atoms with Crippen molar-refractivity contribution < 1.29 is 24.2 Å². The molecule has 1 spiro atoms. The molecule has 8 heteroatoms. The Balaban J connectivity index is 2.08. The first-order chi connectivity index (χ1) is 14.0. The third kappa shape index (κ3) is 3.32. The Morgan fingerprint density at radius 2 is 1.93 bits per heavy atom. The van der Waals surface area contributed by atoms with Crippen LogP contribution in [0.4, 0.5) is 0 Å². The standard InChI is InChI=1S/C22H37N3O5/c1-7-11-23-17(27)14-15-19(29)25(13(3)12-26)16(18(28)24-20(4,5)6)22(15)10-9-21(14,8-2)30-22/h13-16,26H,7-12H2,1-6H3,(H,23,27)(H,24,28)/t13-,14-,15+,16?,21+,22?/m1/s1. The van der Waals surface area contributed by atoms with Crippen LogP contribution in [0, 0.1) is 11.8 Å². The summed E-state index contributed by atoms with van der Waals surface area (Å²) in [5.41, 5.74) is -2.26. The van der Waals surface area contributed by atoms with Gasteiger partial charge in [-0.05, 0) is 53.4 Å². The predicted molar refractivity (Wildman–Crippen MR) is 111 cm³/mol. The maximum Gasteiger partial charge on any atom is 0.246 e. The van der Waals surface area contributed by atoms with E-state index < -0.39 is 40.7 Å². The summed E-state index contributed by atoms with van der Waals surface area (Å²) in [5, 5.41) is 15.8. The molecule has 3 saturated heterocycles. The lowest BCUT2D eigenvalue weighted by atomic mass is 9.65. The van der Waals surface area contributed by atoms with Gasteiger partial charge in [0.15, 0.2) is 0 Å². The fourth-order valence-electron chi connectivity index (χ4n) is 5.71. The topological polar surface area (TPSA) is 108 Å². The fourth-order valence-corrected chi connectivity index (χ4v) is 5.71. The molecule has 3 fully saturated rings. The largest absolute Gasteiger partial charge is 0.394 e. The normalized spacial score (nSPS) is 36.0. The molecular formula is C22H37N3O5. The Hall–Kier alpha value is -1.67. The molecule has 0 aromatic carbocycles. The maximum absolute atomic E-state index is 13.7. The van der Waals surface area contributed by atoms with E-state index in [9.17, 15) is 19.5 Å². The predicted octanol–water partition coefficient (Wildman–Crippen LogP) is 0.963. The van der Waals surface area contributed by atoms with Crippen molar-refractivity contribution in [1.82, 2.24) is 15.5 Å². The first-order valence-corrected chi connectivity index (χ1v) is 11.2. The van der Waals surface area contributed by atoms with Crippen LogP contribution in [0.2, 0.25) is 0 Å². The van der Waals surface area contributed by atoms with Gasteiger partial charge in [0, 0.05) is 12.1 Å². The van der Waals surface area contributed by atoms with E-state index in [1.165, 1.54) is 4.90 Å². The summed E-state index contributed by atoms with van der Waals surface area (Å²) >= 11 is 0. The van der Waals surface area contributed by atoms with Crippen LogP contribution in [-0.4, -0.2) is 69.7 Å². The highest BCUT2D eigenvalue weighted by Crippen LogP contribution is 2.64. The van der Waals surface area contributed by atoms with Crippen molar-refractivity contribution in [2.75, 3.05) is 13.2 Å². The van der Waals surface area contributed by atoms with E-state index >= 15 is 0 Å². The van der Waals surface area contributed by atoms with Crippen LogP contribution in [0.1, 0.15) is 67.2 Å². The second-order valence-electron chi connectivity index (χ2n) is 10.1. The van der Waals surface area contributed by atoms with Gasteiger partial charge in [0.1, 0.15) is 11.6 Å². The number of nitrogens with zero attached hydrogens (tertiary/aromatic N) is 1. The third-order valence-electron chi connectivity index (χ3n) is 6.94. The highest BCUT2D eigenvalue weighted by Gasteiger charge is 2.78. The Morgan fingerprint density at radius 3 is 2.47 bits per heavy atom. The number of ether oxygens (including phenoxy) is 1. The van der Waals surface area contributed by atoms with Gasteiger partial charge in [0.05, 0.1) is 30.1 Å². The average Bonchev–Trinajstić information content (AvgIpc) is 3.27. The molecule has 0 saturated carbocycles. The molecular weight excluding hydrogens is 386 g/mol. The summed E-state index contributed by atoms with van der Waals surface area (Å²) in [6, 6.07) is -1.42. The zero-order valence-electron chi connectivity index (χ0n) is 19.1. The van der Waals surface area contributed by atoms with Gasteiger partial charge < -0.3 is 25.4 Å². The Kier molecular flexibility index (Phi) is 5.97. The van der Waals surface area contributed by atoms with Crippen molar-refractivity contribution in [2.24, 2.45) is 11.8 Å². The smallest absolute Gasteiger partial charge is 0.246 e. The summed E-state index contributed by atoms with van der Waals surface area (Å²) in [5.74, 6) is -2.08. The van der Waals surface area contributed by atoms with Crippen molar-refractivity contribution in [3.63, 3.8) is 0 Å². The first kappa shape index (κ1) is 23.0. The number of fused-ring (bicyclic) bond motifs is 1. The number of aliphatic hydroxyl groups excluding tert-OH is 1. The number of rotatable bonds is 7. The molecule has 3 aliphatic rings. The van der Waals surface area contributed by atoms with E-state index in [1.807, 2.05) is 34.6 Å². The number of carbonyl (C=O) groups excluding carboxylic acids is 3. The molecule has 3 N–H and O–H groups in total. The minimum Gasteiger partial charge on any atom is -0.394 e. The molecule has 170 valence electrons. The average molecular weight is 424 g/mol. The van der Waals surface area contributed by atoms with E-state index in [4.69, 9.17) is 4.74 Å². The van der Waals surface area contributed by atoms with Crippen LogP contribution >= 0.6 is 0 Å². The van der Waals surface area contributed by atoms with Gasteiger partial charge in [-0.2, -0.15) is 0 Å². The molecule has 3 heterocycles. The minimum atomic E-state index is -1.04. The summed E-state index contributed by atoms with van der Waals surface area (Å²) < 4.78 is 6.61.